The van der Waals surface area contributed by atoms with Crippen molar-refractivity contribution in [2.24, 2.45) is 10.9 Å². The number of hydrogen-bond acceptors (Lipinski definition) is 3. The molecule has 1 rings (SSSR count). The van der Waals surface area contributed by atoms with E-state index in [0.29, 0.717) is 5.56 Å². The summed E-state index contributed by atoms with van der Waals surface area (Å²) in [5.41, 5.74) is 5.93. The van der Waals surface area contributed by atoms with Gasteiger partial charge >= 0.3 is 0 Å². The van der Waals surface area contributed by atoms with E-state index in [0.717, 1.165) is 0 Å². The molecule has 0 atom stereocenters. The average molecular weight is 257 g/mol. The van der Waals surface area contributed by atoms with Gasteiger partial charge in [0.05, 0.1) is 6.54 Å². The van der Waals surface area contributed by atoms with Gasteiger partial charge in [0.15, 0.2) is 0 Å². The summed E-state index contributed by atoms with van der Waals surface area (Å²) in [6, 6.07) is 4.13. The highest BCUT2D eigenvalue weighted by atomic mass is 32.2. The summed E-state index contributed by atoms with van der Waals surface area (Å²) in [6.45, 7) is -0.0229. The molecular formula is C10H12FN3O2S. The molecule has 0 radical (unpaired) electrons. The summed E-state index contributed by atoms with van der Waals surface area (Å²) in [6.07, 6.45) is 0. The van der Waals surface area contributed by atoms with E-state index in [1.54, 1.807) is 0 Å². The van der Waals surface area contributed by atoms with E-state index >= 15 is 0 Å². The molecular weight excluding hydrogens is 245 g/mol. The van der Waals surface area contributed by atoms with Gasteiger partial charge in [-0.15, -0.1) is 0 Å². The zero-order chi connectivity index (χ0) is 12.9. The lowest BCUT2D eigenvalue weighted by molar-refractivity contribution is 0.576. The lowest BCUT2D eigenvalue weighted by Gasteiger charge is -2.04. The quantitative estimate of drug-likeness (QED) is 0.632. The Hall–Kier alpha value is -1.46. The Labute approximate surface area is 99.2 Å². The molecule has 0 aliphatic rings. The summed E-state index contributed by atoms with van der Waals surface area (Å²) in [5, 5.41) is 4.75. The number of nitrogens with two attached hydrogens (primary N) is 2. The third-order valence-corrected chi connectivity index (χ3v) is 2.39. The second-order valence-corrected chi connectivity index (χ2v) is 4.56. The van der Waals surface area contributed by atoms with Gasteiger partial charge in [-0.05, 0) is 18.2 Å². The van der Waals surface area contributed by atoms with Crippen molar-refractivity contribution in [2.45, 2.75) is 6.54 Å². The Balaban J connectivity index is 2.91. The predicted octanol–water partition coefficient (Wildman–Crippen LogP) is -0.571. The number of nitrogens with one attached hydrogen (secondary N) is 1. The summed E-state index contributed by atoms with van der Waals surface area (Å²) in [7, 11) is -3.84. The van der Waals surface area contributed by atoms with Crippen LogP contribution in [0.25, 0.3) is 0 Å². The molecule has 0 unspecified atom stereocenters. The second-order valence-electron chi connectivity index (χ2n) is 3.18. The maximum atomic E-state index is 13.3. The third-order valence-electron chi connectivity index (χ3n) is 1.84. The van der Waals surface area contributed by atoms with Crippen molar-refractivity contribution in [3.8, 4) is 11.8 Å². The Bertz CT molecular complexity index is 561. The first kappa shape index (κ1) is 13.6. The molecule has 0 aliphatic carbocycles. The molecule has 0 saturated heterocycles. The van der Waals surface area contributed by atoms with Crippen LogP contribution in [0.2, 0.25) is 0 Å². The normalized spacial score (nSPS) is 10.8. The molecule has 0 aromatic heterocycles. The van der Waals surface area contributed by atoms with Crippen LogP contribution < -0.4 is 15.6 Å². The zero-order valence-electron chi connectivity index (χ0n) is 8.90. The van der Waals surface area contributed by atoms with Crippen LogP contribution in [-0.4, -0.2) is 15.0 Å². The Morgan fingerprint density at radius 3 is 2.71 bits per heavy atom. The molecule has 0 fully saturated rings. The van der Waals surface area contributed by atoms with Gasteiger partial charge in [0.2, 0.25) is 0 Å². The van der Waals surface area contributed by atoms with Crippen LogP contribution in [0.4, 0.5) is 4.39 Å². The van der Waals surface area contributed by atoms with Crippen molar-refractivity contribution in [3.05, 3.63) is 35.1 Å². The van der Waals surface area contributed by atoms with E-state index in [1.165, 1.54) is 18.2 Å². The van der Waals surface area contributed by atoms with E-state index in [2.05, 4.69) is 11.8 Å². The predicted molar refractivity (Wildman–Crippen MR) is 62.3 cm³/mol. The van der Waals surface area contributed by atoms with Crippen LogP contribution >= 0.6 is 0 Å². The second kappa shape index (κ2) is 5.75. The van der Waals surface area contributed by atoms with Crippen molar-refractivity contribution in [3.63, 3.8) is 0 Å². The van der Waals surface area contributed by atoms with Gasteiger partial charge in [0.25, 0.3) is 10.2 Å². The zero-order valence-corrected chi connectivity index (χ0v) is 9.72. The summed E-state index contributed by atoms with van der Waals surface area (Å²) >= 11 is 0. The average Bonchev–Trinajstić information content (AvgIpc) is 2.25. The fraction of sp³-hybridized carbons (Fsp3) is 0.200. The van der Waals surface area contributed by atoms with Crippen LogP contribution in [0.3, 0.4) is 0 Å². The summed E-state index contributed by atoms with van der Waals surface area (Å²) in [4.78, 5) is 0. The maximum absolute atomic E-state index is 13.3. The number of hydrogen-bond donors (Lipinski definition) is 3. The van der Waals surface area contributed by atoms with Gasteiger partial charge < -0.3 is 5.73 Å². The SMILES string of the molecule is NCC#Cc1ccc(F)c(CNS(N)(=O)=O)c1. The molecule has 5 nitrogen and oxygen atoms in total. The minimum Gasteiger partial charge on any atom is -0.320 e. The first-order valence-corrected chi connectivity index (χ1v) is 6.22. The minimum atomic E-state index is -3.84. The Morgan fingerprint density at radius 2 is 2.12 bits per heavy atom. The Morgan fingerprint density at radius 1 is 1.41 bits per heavy atom. The molecule has 0 spiro atoms. The van der Waals surface area contributed by atoms with Crippen molar-refractivity contribution >= 4 is 10.2 Å². The molecule has 7 heteroatoms. The molecule has 1 aromatic rings. The maximum Gasteiger partial charge on any atom is 0.274 e. The van der Waals surface area contributed by atoms with Crippen molar-refractivity contribution in [2.75, 3.05) is 6.54 Å². The van der Waals surface area contributed by atoms with Gasteiger partial charge in [-0.2, -0.15) is 13.1 Å². The molecule has 1 aromatic carbocycles. The first-order chi connectivity index (χ1) is 7.92. The topological polar surface area (TPSA) is 98.2 Å². The molecule has 0 aliphatic heterocycles. The van der Waals surface area contributed by atoms with Crippen LogP contribution in [0.5, 0.6) is 0 Å². The van der Waals surface area contributed by atoms with E-state index in [9.17, 15) is 12.8 Å². The molecule has 0 heterocycles. The van der Waals surface area contributed by atoms with Crippen LogP contribution in [0.15, 0.2) is 18.2 Å². The Kier molecular flexibility index (Phi) is 4.60. The smallest absolute Gasteiger partial charge is 0.274 e. The third kappa shape index (κ3) is 4.93. The summed E-state index contributed by atoms with van der Waals surface area (Å²) < 4.78 is 36.7. The van der Waals surface area contributed by atoms with Gasteiger partial charge in [0.1, 0.15) is 5.82 Å². The largest absolute Gasteiger partial charge is 0.320 e. The fourth-order valence-corrected chi connectivity index (χ4v) is 1.48. The molecule has 17 heavy (non-hydrogen) atoms. The number of rotatable bonds is 3. The van der Waals surface area contributed by atoms with Crippen molar-refractivity contribution in [1.82, 2.24) is 4.72 Å². The van der Waals surface area contributed by atoms with E-state index in [1.807, 2.05) is 4.72 Å². The van der Waals surface area contributed by atoms with Crippen LogP contribution in [-0.2, 0) is 16.8 Å². The lowest BCUT2D eigenvalue weighted by atomic mass is 10.1. The van der Waals surface area contributed by atoms with Gasteiger partial charge in [-0.3, -0.25) is 0 Å². The lowest BCUT2D eigenvalue weighted by Crippen LogP contribution is -2.30. The molecule has 0 saturated carbocycles. The van der Waals surface area contributed by atoms with E-state index < -0.39 is 16.0 Å². The minimum absolute atomic E-state index is 0.169. The highest BCUT2D eigenvalue weighted by molar-refractivity contribution is 7.87. The monoisotopic (exact) mass is 257 g/mol. The van der Waals surface area contributed by atoms with Gasteiger partial charge in [-0.1, -0.05) is 11.8 Å². The fourth-order valence-electron chi connectivity index (χ4n) is 1.12. The number of benzene rings is 1. The van der Waals surface area contributed by atoms with Crippen LogP contribution in [0, 0.1) is 17.7 Å². The van der Waals surface area contributed by atoms with E-state index in [4.69, 9.17) is 10.9 Å². The number of halogens is 1. The summed E-state index contributed by atoms with van der Waals surface area (Å²) in [5.74, 6) is 4.81. The van der Waals surface area contributed by atoms with E-state index in [-0.39, 0.29) is 18.7 Å². The highest BCUT2D eigenvalue weighted by Crippen LogP contribution is 2.09. The van der Waals surface area contributed by atoms with Crippen LogP contribution in [0.1, 0.15) is 11.1 Å². The van der Waals surface area contributed by atoms with Gasteiger partial charge in [0, 0.05) is 17.7 Å². The molecule has 92 valence electrons. The molecule has 5 N–H and O–H groups in total. The first-order valence-electron chi connectivity index (χ1n) is 4.67. The molecule has 0 amide bonds. The molecule has 0 bridgehead atoms. The van der Waals surface area contributed by atoms with Gasteiger partial charge in [-0.25, -0.2) is 9.53 Å². The highest BCUT2D eigenvalue weighted by Gasteiger charge is 2.06. The van der Waals surface area contributed by atoms with Crippen molar-refractivity contribution < 1.29 is 12.8 Å². The van der Waals surface area contributed by atoms with Crippen molar-refractivity contribution in [1.29, 1.82) is 0 Å². The standard InChI is InChI=1S/C10H12FN3O2S/c11-10-4-3-8(2-1-5-12)6-9(10)7-14-17(13,15)16/h3-4,6,14H,5,7,12H2,(H2,13,15,16).